The summed E-state index contributed by atoms with van der Waals surface area (Å²) in [6.45, 7) is 2.62. The van der Waals surface area contributed by atoms with Gasteiger partial charge in [-0.3, -0.25) is 14.3 Å². The molecule has 0 bridgehead atoms. The summed E-state index contributed by atoms with van der Waals surface area (Å²) < 4.78 is 2.02. The zero-order valence-corrected chi connectivity index (χ0v) is 15.1. The Kier molecular flexibility index (Phi) is 5.50. The summed E-state index contributed by atoms with van der Waals surface area (Å²) in [6.07, 6.45) is 7.20. The first-order chi connectivity index (χ1) is 12.1. The van der Waals surface area contributed by atoms with E-state index in [2.05, 4.69) is 29.0 Å². The van der Waals surface area contributed by atoms with Crippen molar-refractivity contribution in [1.29, 1.82) is 0 Å². The van der Waals surface area contributed by atoms with Crippen LogP contribution < -0.4 is 0 Å². The number of amides is 1. The molecule has 0 aliphatic heterocycles. The number of aromatic nitrogens is 3. The van der Waals surface area contributed by atoms with Gasteiger partial charge in [0.2, 0.25) is 5.91 Å². The van der Waals surface area contributed by atoms with E-state index >= 15 is 0 Å². The maximum atomic E-state index is 12.4. The first-order valence-electron chi connectivity index (χ1n) is 8.00. The lowest BCUT2D eigenvalue weighted by Gasteiger charge is -2.17. The minimum Gasteiger partial charge on any atom is -0.341 e. The number of imidazole rings is 1. The summed E-state index contributed by atoms with van der Waals surface area (Å²) in [7, 11) is 1.81. The van der Waals surface area contributed by atoms with Crippen LogP contribution in [-0.4, -0.2) is 38.1 Å². The standard InChI is InChI=1S/C19H20N4OS/c1-15-6-3-4-8-17(15)23-11-10-21-19(23)25-14-18(24)22(2)13-16-7-5-9-20-12-16/h3-12H,13-14H2,1-2H3. The third kappa shape index (κ3) is 4.28. The Bertz CT molecular complexity index is 847. The average Bonchev–Trinajstić information content (AvgIpc) is 3.09. The van der Waals surface area contributed by atoms with Crippen molar-refractivity contribution in [1.82, 2.24) is 19.4 Å². The van der Waals surface area contributed by atoms with Gasteiger partial charge in [0.15, 0.2) is 5.16 Å². The second-order valence-corrected chi connectivity index (χ2v) is 6.71. The van der Waals surface area contributed by atoms with E-state index in [1.165, 1.54) is 17.3 Å². The molecule has 1 aromatic carbocycles. The molecule has 0 radical (unpaired) electrons. The molecule has 2 heterocycles. The van der Waals surface area contributed by atoms with Crippen LogP contribution in [-0.2, 0) is 11.3 Å². The summed E-state index contributed by atoms with van der Waals surface area (Å²) in [5, 5.41) is 0.817. The quantitative estimate of drug-likeness (QED) is 0.639. The van der Waals surface area contributed by atoms with Gasteiger partial charge >= 0.3 is 0 Å². The molecular weight excluding hydrogens is 332 g/mol. The molecule has 0 N–H and O–H groups in total. The molecule has 6 heteroatoms. The zero-order chi connectivity index (χ0) is 17.6. The van der Waals surface area contributed by atoms with E-state index in [1.807, 2.05) is 42.1 Å². The smallest absolute Gasteiger partial charge is 0.233 e. The lowest BCUT2D eigenvalue weighted by Crippen LogP contribution is -2.27. The van der Waals surface area contributed by atoms with Crippen molar-refractivity contribution in [3.63, 3.8) is 0 Å². The van der Waals surface area contributed by atoms with E-state index in [0.717, 1.165) is 16.4 Å². The molecule has 0 saturated carbocycles. The summed E-state index contributed by atoms with van der Waals surface area (Å²) >= 11 is 1.45. The lowest BCUT2D eigenvalue weighted by atomic mass is 10.2. The van der Waals surface area contributed by atoms with E-state index in [-0.39, 0.29) is 5.91 Å². The van der Waals surface area contributed by atoms with Gasteiger partial charge in [0.25, 0.3) is 0 Å². The highest BCUT2D eigenvalue weighted by Crippen LogP contribution is 2.22. The highest BCUT2D eigenvalue weighted by atomic mass is 32.2. The number of hydrogen-bond donors (Lipinski definition) is 0. The highest BCUT2D eigenvalue weighted by Gasteiger charge is 2.13. The van der Waals surface area contributed by atoms with Crippen LogP contribution in [0.4, 0.5) is 0 Å². The van der Waals surface area contributed by atoms with Crippen molar-refractivity contribution in [2.45, 2.75) is 18.6 Å². The third-order valence-corrected chi connectivity index (χ3v) is 4.83. The maximum absolute atomic E-state index is 12.4. The van der Waals surface area contributed by atoms with Gasteiger partial charge in [-0.1, -0.05) is 36.0 Å². The first kappa shape index (κ1) is 17.2. The number of hydrogen-bond acceptors (Lipinski definition) is 4. The number of carbonyl (C=O) groups is 1. The van der Waals surface area contributed by atoms with Crippen molar-refractivity contribution in [3.05, 3.63) is 72.3 Å². The fraction of sp³-hybridized carbons (Fsp3) is 0.211. The molecule has 0 fully saturated rings. The van der Waals surface area contributed by atoms with Gasteiger partial charge in [0.05, 0.1) is 11.4 Å². The number of pyridine rings is 1. The fourth-order valence-corrected chi connectivity index (χ4v) is 3.41. The van der Waals surface area contributed by atoms with Crippen LogP contribution in [0.3, 0.4) is 0 Å². The van der Waals surface area contributed by atoms with E-state index in [4.69, 9.17) is 0 Å². The Balaban J connectivity index is 1.63. The Morgan fingerprint density at radius 2 is 2.04 bits per heavy atom. The molecule has 128 valence electrons. The van der Waals surface area contributed by atoms with Gasteiger partial charge < -0.3 is 4.90 Å². The lowest BCUT2D eigenvalue weighted by molar-refractivity contribution is -0.127. The summed E-state index contributed by atoms with van der Waals surface area (Å²) in [5.74, 6) is 0.410. The molecular formula is C19H20N4OS. The minimum atomic E-state index is 0.0631. The van der Waals surface area contributed by atoms with Crippen LogP contribution in [0.5, 0.6) is 0 Å². The van der Waals surface area contributed by atoms with Crippen molar-refractivity contribution < 1.29 is 4.79 Å². The molecule has 1 amide bonds. The highest BCUT2D eigenvalue weighted by molar-refractivity contribution is 7.99. The van der Waals surface area contributed by atoms with Gasteiger partial charge in [-0.2, -0.15) is 0 Å². The minimum absolute atomic E-state index is 0.0631. The third-order valence-electron chi connectivity index (χ3n) is 3.87. The molecule has 3 aromatic rings. The van der Waals surface area contributed by atoms with Gasteiger partial charge in [-0.15, -0.1) is 0 Å². The maximum Gasteiger partial charge on any atom is 0.233 e. The largest absolute Gasteiger partial charge is 0.341 e. The Labute approximate surface area is 151 Å². The van der Waals surface area contributed by atoms with Crippen LogP contribution in [0.25, 0.3) is 5.69 Å². The molecule has 3 rings (SSSR count). The van der Waals surface area contributed by atoms with E-state index in [9.17, 15) is 4.79 Å². The second kappa shape index (κ2) is 7.98. The Morgan fingerprint density at radius 1 is 1.20 bits per heavy atom. The topological polar surface area (TPSA) is 51.0 Å². The van der Waals surface area contributed by atoms with Gasteiger partial charge in [-0.05, 0) is 30.2 Å². The predicted molar refractivity (Wildman–Crippen MR) is 99.7 cm³/mol. The van der Waals surface area contributed by atoms with Gasteiger partial charge in [0, 0.05) is 38.4 Å². The summed E-state index contributed by atoms with van der Waals surface area (Å²) in [6, 6.07) is 12.0. The number of thioether (sulfide) groups is 1. The molecule has 0 unspecified atom stereocenters. The van der Waals surface area contributed by atoms with Gasteiger partial charge in [-0.25, -0.2) is 4.98 Å². The Hall–Kier alpha value is -2.60. The zero-order valence-electron chi connectivity index (χ0n) is 14.3. The SMILES string of the molecule is Cc1ccccc1-n1ccnc1SCC(=O)N(C)Cc1cccnc1. The second-order valence-electron chi connectivity index (χ2n) is 5.77. The van der Waals surface area contributed by atoms with Crippen LogP contribution in [0.1, 0.15) is 11.1 Å². The number of aryl methyl sites for hydroxylation is 1. The molecule has 0 spiro atoms. The monoisotopic (exact) mass is 352 g/mol. The number of benzene rings is 1. The number of rotatable bonds is 6. The summed E-state index contributed by atoms with van der Waals surface area (Å²) in [5.41, 5.74) is 3.27. The van der Waals surface area contributed by atoms with Gasteiger partial charge in [0.1, 0.15) is 0 Å². The molecule has 5 nitrogen and oxygen atoms in total. The molecule has 25 heavy (non-hydrogen) atoms. The van der Waals surface area contributed by atoms with Crippen molar-refractivity contribution in [2.75, 3.05) is 12.8 Å². The predicted octanol–water partition coefficient (Wildman–Crippen LogP) is 3.33. The Morgan fingerprint density at radius 3 is 2.80 bits per heavy atom. The van der Waals surface area contributed by atoms with Crippen LogP contribution >= 0.6 is 11.8 Å². The molecule has 0 aliphatic rings. The number of carbonyl (C=O) groups excluding carboxylic acids is 1. The average molecular weight is 352 g/mol. The first-order valence-corrected chi connectivity index (χ1v) is 8.98. The normalized spacial score (nSPS) is 10.6. The fourth-order valence-electron chi connectivity index (χ4n) is 2.50. The van der Waals surface area contributed by atoms with E-state index in [0.29, 0.717) is 12.3 Å². The molecule has 2 aromatic heterocycles. The molecule has 0 aliphatic carbocycles. The van der Waals surface area contributed by atoms with Crippen LogP contribution in [0, 0.1) is 6.92 Å². The van der Waals surface area contributed by atoms with Crippen molar-refractivity contribution in [3.8, 4) is 5.69 Å². The van der Waals surface area contributed by atoms with E-state index in [1.54, 1.807) is 23.5 Å². The molecule has 0 saturated heterocycles. The van der Waals surface area contributed by atoms with Crippen LogP contribution in [0.2, 0.25) is 0 Å². The number of nitrogens with zero attached hydrogens (tertiary/aromatic N) is 4. The van der Waals surface area contributed by atoms with E-state index < -0.39 is 0 Å². The van der Waals surface area contributed by atoms with Crippen molar-refractivity contribution >= 4 is 17.7 Å². The van der Waals surface area contributed by atoms with Crippen LogP contribution in [0.15, 0.2) is 66.3 Å². The van der Waals surface area contributed by atoms with Crippen molar-refractivity contribution in [2.24, 2.45) is 0 Å². The number of para-hydroxylation sites is 1. The molecule has 0 atom stereocenters. The summed E-state index contributed by atoms with van der Waals surface area (Å²) in [4.78, 5) is 22.6.